The van der Waals surface area contributed by atoms with Gasteiger partial charge in [0.2, 0.25) is 0 Å². The second-order valence-corrected chi connectivity index (χ2v) is 9.87. The number of hydrogen-bond donors (Lipinski definition) is 1. The molecule has 4 aliphatic rings. The molecule has 0 spiro atoms. The van der Waals surface area contributed by atoms with Gasteiger partial charge >= 0.3 is 0 Å². The van der Waals surface area contributed by atoms with Crippen LogP contribution in [0.2, 0.25) is 0 Å². The van der Waals surface area contributed by atoms with Crippen LogP contribution < -0.4 is 4.74 Å². The fourth-order valence-electron chi connectivity index (χ4n) is 6.01. The highest BCUT2D eigenvalue weighted by atomic mass is 16.5. The van der Waals surface area contributed by atoms with Crippen molar-refractivity contribution >= 4 is 5.57 Å². The fourth-order valence-corrected chi connectivity index (χ4v) is 6.01. The van der Waals surface area contributed by atoms with Crippen LogP contribution in [-0.4, -0.2) is 22.2 Å². The van der Waals surface area contributed by atoms with Crippen molar-refractivity contribution in [3.63, 3.8) is 0 Å². The molecule has 4 aliphatic carbocycles. The van der Waals surface area contributed by atoms with Gasteiger partial charge in [-0.05, 0) is 59.3 Å². The molecule has 0 amide bonds. The molecule has 0 fully saturated rings. The molecule has 7 rings (SSSR count). The van der Waals surface area contributed by atoms with Crippen molar-refractivity contribution in [3.05, 3.63) is 125 Å². The average Bonchev–Trinajstić information content (AvgIpc) is 2.96. The van der Waals surface area contributed by atoms with Crippen LogP contribution in [0, 0.1) is 11.8 Å². The van der Waals surface area contributed by atoms with E-state index in [-0.39, 0.29) is 11.7 Å². The van der Waals surface area contributed by atoms with Crippen LogP contribution in [0.5, 0.6) is 11.5 Å². The Morgan fingerprint density at radius 1 is 0.892 bits per heavy atom. The van der Waals surface area contributed by atoms with Crippen molar-refractivity contribution in [2.45, 2.75) is 12.8 Å². The van der Waals surface area contributed by atoms with Gasteiger partial charge in [-0.2, -0.15) is 0 Å². The van der Waals surface area contributed by atoms with E-state index in [1.165, 1.54) is 22.3 Å². The van der Waals surface area contributed by atoms with Crippen molar-refractivity contribution < 1.29 is 9.84 Å². The largest absolute Gasteiger partial charge is 0.507 e. The Balaban J connectivity index is 1.41. The van der Waals surface area contributed by atoms with Crippen LogP contribution in [0.4, 0.5) is 0 Å². The molecule has 1 aromatic heterocycles. The number of rotatable bonds is 4. The van der Waals surface area contributed by atoms with E-state index in [0.29, 0.717) is 28.7 Å². The van der Waals surface area contributed by atoms with Gasteiger partial charge in [-0.25, -0.2) is 9.97 Å². The number of nitrogens with zero attached hydrogens (tertiary/aromatic N) is 2. The molecule has 0 radical (unpaired) electrons. The van der Waals surface area contributed by atoms with Gasteiger partial charge in [0.1, 0.15) is 11.5 Å². The average molecular weight is 483 g/mol. The molecule has 0 saturated carbocycles. The third-order valence-electron chi connectivity index (χ3n) is 7.80. The Morgan fingerprint density at radius 2 is 1.76 bits per heavy atom. The van der Waals surface area contributed by atoms with Crippen molar-refractivity contribution in [2.75, 3.05) is 7.11 Å². The molecule has 2 unspecified atom stereocenters. The summed E-state index contributed by atoms with van der Waals surface area (Å²) >= 11 is 0. The molecule has 4 heteroatoms. The number of phenolic OH excluding ortho intramolecular Hbond substituents is 1. The Bertz CT molecular complexity index is 1620. The number of allylic oxidation sites excluding steroid dienone is 12. The Labute approximate surface area is 216 Å². The first-order chi connectivity index (χ1) is 18.2. The molecule has 37 heavy (non-hydrogen) atoms. The molecule has 1 heterocycles. The van der Waals surface area contributed by atoms with E-state index < -0.39 is 0 Å². The van der Waals surface area contributed by atoms with Crippen molar-refractivity contribution in [1.29, 1.82) is 0 Å². The number of ether oxygens (including phenoxy) is 1. The van der Waals surface area contributed by atoms with Crippen molar-refractivity contribution in [1.82, 2.24) is 9.97 Å². The van der Waals surface area contributed by atoms with Crippen LogP contribution in [0.15, 0.2) is 119 Å². The molecule has 180 valence electrons. The lowest BCUT2D eigenvalue weighted by Gasteiger charge is -2.40. The molecule has 0 saturated heterocycles. The quantitative estimate of drug-likeness (QED) is 0.426. The summed E-state index contributed by atoms with van der Waals surface area (Å²) in [6, 6.07) is 17.4. The van der Waals surface area contributed by atoms with Crippen molar-refractivity contribution in [3.8, 4) is 34.0 Å². The van der Waals surface area contributed by atoms with Gasteiger partial charge in [0.25, 0.3) is 0 Å². The summed E-state index contributed by atoms with van der Waals surface area (Å²) in [4.78, 5) is 10.1. The maximum absolute atomic E-state index is 10.8. The Hall–Kier alpha value is -4.44. The second kappa shape index (κ2) is 8.59. The van der Waals surface area contributed by atoms with Crippen molar-refractivity contribution in [2.24, 2.45) is 11.8 Å². The summed E-state index contributed by atoms with van der Waals surface area (Å²) < 4.78 is 5.29. The Kier molecular flexibility index (Phi) is 5.07. The summed E-state index contributed by atoms with van der Waals surface area (Å²) in [6.45, 7) is 0. The maximum Gasteiger partial charge on any atom is 0.160 e. The number of methoxy groups -OCH3 is 1. The zero-order valence-corrected chi connectivity index (χ0v) is 20.6. The SMILES string of the molecule is COc1ccc(-c2cc(-c3ccccc3)nc(C3=CC=C4C=CC5=C6C(CC=C5)CC=C3C46)n2)c(O)c1. The zero-order valence-electron chi connectivity index (χ0n) is 20.6. The standard InChI is InChI=1S/C33H26N2O2/c1-37-24-14-17-27(30(36)18-24)29-19-28(20-6-3-2-4-7-20)34-33(35-29)26-16-13-23-11-10-21-8-5-9-22-12-15-25(26)32(23)31(21)22/h2-8,10-11,13-19,22,32,36H,9,12H2,1H3. The molecule has 0 bridgehead atoms. The minimum absolute atomic E-state index is 0.128. The normalized spacial score (nSPS) is 21.2. The monoisotopic (exact) mass is 482 g/mol. The molecule has 3 aromatic rings. The Morgan fingerprint density at radius 3 is 2.59 bits per heavy atom. The smallest absolute Gasteiger partial charge is 0.160 e. The predicted molar refractivity (Wildman–Crippen MR) is 147 cm³/mol. The summed E-state index contributed by atoms with van der Waals surface area (Å²) in [5.41, 5.74) is 9.72. The molecule has 1 N–H and O–H groups in total. The van der Waals surface area contributed by atoms with Gasteiger partial charge in [0.15, 0.2) is 5.82 Å². The van der Waals surface area contributed by atoms with E-state index in [1.54, 1.807) is 13.2 Å². The fraction of sp³-hybridized carbons (Fsp3) is 0.152. The molecular weight excluding hydrogens is 456 g/mol. The lowest BCUT2D eigenvalue weighted by molar-refractivity contribution is 0.408. The topological polar surface area (TPSA) is 55.2 Å². The summed E-state index contributed by atoms with van der Waals surface area (Å²) in [5.74, 6) is 2.22. The van der Waals surface area contributed by atoms with E-state index in [1.807, 2.05) is 36.4 Å². The minimum Gasteiger partial charge on any atom is -0.507 e. The lowest BCUT2D eigenvalue weighted by atomic mass is 9.63. The van der Waals surface area contributed by atoms with Gasteiger partial charge in [-0.3, -0.25) is 0 Å². The summed E-state index contributed by atoms with van der Waals surface area (Å²) in [6.07, 6.45) is 18.0. The third kappa shape index (κ3) is 3.60. The number of phenols is 1. The van der Waals surface area contributed by atoms with E-state index in [4.69, 9.17) is 14.7 Å². The predicted octanol–water partition coefficient (Wildman–Crippen LogP) is 7.24. The summed E-state index contributed by atoms with van der Waals surface area (Å²) in [7, 11) is 1.59. The number of aromatic nitrogens is 2. The number of benzene rings is 2. The van der Waals surface area contributed by atoms with E-state index >= 15 is 0 Å². The van der Waals surface area contributed by atoms with E-state index in [2.05, 4.69) is 54.7 Å². The molecule has 2 aromatic carbocycles. The molecule has 4 nitrogen and oxygen atoms in total. The van der Waals surface area contributed by atoms with Crippen LogP contribution in [0.1, 0.15) is 18.7 Å². The van der Waals surface area contributed by atoms with Crippen LogP contribution >= 0.6 is 0 Å². The van der Waals surface area contributed by atoms with Crippen LogP contribution in [0.3, 0.4) is 0 Å². The third-order valence-corrected chi connectivity index (χ3v) is 7.80. The van der Waals surface area contributed by atoms with Gasteiger partial charge in [0, 0.05) is 28.7 Å². The summed E-state index contributed by atoms with van der Waals surface area (Å²) in [5, 5.41) is 10.8. The zero-order chi connectivity index (χ0) is 24.9. The van der Waals surface area contributed by atoms with Gasteiger partial charge in [-0.1, -0.05) is 72.9 Å². The second-order valence-electron chi connectivity index (χ2n) is 9.87. The number of aromatic hydroxyl groups is 1. The number of hydrogen-bond acceptors (Lipinski definition) is 4. The lowest BCUT2D eigenvalue weighted by Crippen LogP contribution is -2.27. The van der Waals surface area contributed by atoms with Gasteiger partial charge in [0.05, 0.1) is 18.5 Å². The minimum atomic E-state index is 0.128. The maximum atomic E-state index is 10.8. The first kappa shape index (κ1) is 21.8. The van der Waals surface area contributed by atoms with Gasteiger partial charge in [-0.15, -0.1) is 0 Å². The highest BCUT2D eigenvalue weighted by Crippen LogP contribution is 2.52. The van der Waals surface area contributed by atoms with Crippen LogP contribution in [-0.2, 0) is 0 Å². The van der Waals surface area contributed by atoms with E-state index in [9.17, 15) is 5.11 Å². The van der Waals surface area contributed by atoms with E-state index in [0.717, 1.165) is 29.7 Å². The highest BCUT2D eigenvalue weighted by molar-refractivity contribution is 5.85. The first-order valence-electron chi connectivity index (χ1n) is 12.7. The first-order valence-corrected chi connectivity index (χ1v) is 12.7. The molecule has 0 aliphatic heterocycles. The molecular formula is C33H26N2O2. The van der Waals surface area contributed by atoms with Gasteiger partial charge < -0.3 is 9.84 Å². The highest BCUT2D eigenvalue weighted by Gasteiger charge is 2.38. The molecule has 2 atom stereocenters. The van der Waals surface area contributed by atoms with Crippen LogP contribution in [0.25, 0.3) is 28.1 Å².